The molecule has 1 aromatic rings. The zero-order valence-electron chi connectivity index (χ0n) is 10.0. The summed E-state index contributed by atoms with van der Waals surface area (Å²) >= 11 is 1.61. The van der Waals surface area contributed by atoms with Crippen LogP contribution in [0.4, 0.5) is 0 Å². The lowest BCUT2D eigenvalue weighted by Gasteiger charge is -2.31. The smallest absolute Gasteiger partial charge is 0.291 e. The van der Waals surface area contributed by atoms with Crippen molar-refractivity contribution >= 4 is 11.8 Å². The average molecular weight is 240 g/mol. The zero-order chi connectivity index (χ0) is 12.1. The van der Waals surface area contributed by atoms with E-state index in [1.165, 1.54) is 11.6 Å². The summed E-state index contributed by atoms with van der Waals surface area (Å²) in [6, 6.07) is 0. The Labute approximate surface area is 98.3 Å². The van der Waals surface area contributed by atoms with Gasteiger partial charge in [-0.2, -0.15) is 0 Å². The first-order chi connectivity index (χ1) is 7.33. The Balaban J connectivity index is 2.75. The zero-order valence-corrected chi connectivity index (χ0v) is 10.8. The van der Waals surface area contributed by atoms with Gasteiger partial charge in [-0.15, -0.1) is 11.8 Å². The molecule has 0 amide bonds. The molecule has 0 fully saturated rings. The van der Waals surface area contributed by atoms with E-state index in [4.69, 9.17) is 0 Å². The summed E-state index contributed by atoms with van der Waals surface area (Å²) in [6.07, 6.45) is 0.746. The molecule has 2 heterocycles. The number of thioether (sulfide) groups is 1. The lowest BCUT2D eigenvalue weighted by Crippen LogP contribution is -2.42. The molecule has 0 spiro atoms. The van der Waals surface area contributed by atoms with Crippen LogP contribution in [-0.4, -0.2) is 14.9 Å². The van der Waals surface area contributed by atoms with E-state index in [0.29, 0.717) is 0 Å². The molecule has 0 aromatic carbocycles. The average Bonchev–Trinajstić information content (AvgIpc) is 2.22. The van der Waals surface area contributed by atoms with Crippen molar-refractivity contribution in [3.8, 4) is 0 Å². The number of rotatable bonds is 0. The summed E-state index contributed by atoms with van der Waals surface area (Å²) in [7, 11) is 3.27. The highest BCUT2D eigenvalue weighted by Gasteiger charge is 2.30. The first kappa shape index (κ1) is 11.5. The Kier molecular flexibility index (Phi) is 2.53. The van der Waals surface area contributed by atoms with Gasteiger partial charge in [-0.05, 0) is 11.8 Å². The van der Waals surface area contributed by atoms with Crippen molar-refractivity contribution in [2.45, 2.75) is 25.3 Å². The van der Waals surface area contributed by atoms with Crippen molar-refractivity contribution < 1.29 is 0 Å². The second kappa shape index (κ2) is 3.52. The Morgan fingerprint density at radius 3 is 2.44 bits per heavy atom. The van der Waals surface area contributed by atoms with Gasteiger partial charge in [0.1, 0.15) is 0 Å². The maximum absolute atomic E-state index is 12.0. The Morgan fingerprint density at radius 2 is 1.81 bits per heavy atom. The van der Waals surface area contributed by atoms with Crippen molar-refractivity contribution in [1.82, 2.24) is 9.13 Å². The number of aromatic nitrogens is 2. The minimum absolute atomic E-state index is 0.126. The molecule has 5 heteroatoms. The third-order valence-electron chi connectivity index (χ3n) is 2.95. The molecular formula is C11H16N2O2S. The maximum atomic E-state index is 12.0. The highest BCUT2D eigenvalue weighted by molar-refractivity contribution is 7.99. The van der Waals surface area contributed by atoms with E-state index in [-0.39, 0.29) is 16.7 Å². The second-order valence-corrected chi connectivity index (χ2v) is 6.08. The van der Waals surface area contributed by atoms with Crippen LogP contribution in [0.3, 0.4) is 0 Å². The second-order valence-electron chi connectivity index (χ2n) is 5.12. The van der Waals surface area contributed by atoms with Crippen molar-refractivity contribution in [2.24, 2.45) is 19.5 Å². The molecular weight excluding hydrogens is 224 g/mol. The van der Waals surface area contributed by atoms with Crippen LogP contribution in [0.1, 0.15) is 19.4 Å². The van der Waals surface area contributed by atoms with Crippen molar-refractivity contribution in [1.29, 1.82) is 0 Å². The molecule has 4 nitrogen and oxygen atoms in total. The summed E-state index contributed by atoms with van der Waals surface area (Å²) in [4.78, 5) is 23.7. The Bertz CT molecular complexity index is 554. The van der Waals surface area contributed by atoms with Crippen LogP contribution in [0.5, 0.6) is 0 Å². The van der Waals surface area contributed by atoms with Crippen LogP contribution >= 0.6 is 11.8 Å². The van der Waals surface area contributed by atoms with Gasteiger partial charge in [-0.1, -0.05) is 13.8 Å². The van der Waals surface area contributed by atoms with Gasteiger partial charge in [-0.3, -0.25) is 13.9 Å². The SMILES string of the molecule is Cn1c2c(c(=O)n(C)c1=O)CC(C)(C)CS2. The number of nitrogens with zero attached hydrogens (tertiary/aromatic N) is 2. The van der Waals surface area contributed by atoms with Crippen LogP contribution in [0, 0.1) is 5.41 Å². The van der Waals surface area contributed by atoms with Gasteiger partial charge >= 0.3 is 5.69 Å². The molecule has 0 aliphatic carbocycles. The molecule has 0 unspecified atom stereocenters. The molecule has 1 aliphatic heterocycles. The summed E-state index contributed by atoms with van der Waals surface area (Å²) in [5, 5.41) is 0.840. The summed E-state index contributed by atoms with van der Waals surface area (Å²) in [6.45, 7) is 4.29. The minimum atomic E-state index is -0.240. The molecule has 0 bridgehead atoms. The monoisotopic (exact) mass is 240 g/mol. The highest BCUT2D eigenvalue weighted by Crippen LogP contribution is 2.36. The molecule has 2 rings (SSSR count). The van der Waals surface area contributed by atoms with Crippen molar-refractivity contribution in [3.05, 3.63) is 26.4 Å². The first-order valence-corrected chi connectivity index (χ1v) is 6.24. The van der Waals surface area contributed by atoms with Crippen LogP contribution in [0.2, 0.25) is 0 Å². The van der Waals surface area contributed by atoms with Gasteiger partial charge in [0.25, 0.3) is 5.56 Å². The largest absolute Gasteiger partial charge is 0.331 e. The van der Waals surface area contributed by atoms with E-state index in [2.05, 4.69) is 13.8 Å². The number of fused-ring (bicyclic) bond motifs is 1. The maximum Gasteiger partial charge on any atom is 0.331 e. The van der Waals surface area contributed by atoms with Gasteiger partial charge < -0.3 is 0 Å². The first-order valence-electron chi connectivity index (χ1n) is 5.25. The third-order valence-corrected chi connectivity index (χ3v) is 4.67. The van der Waals surface area contributed by atoms with Gasteiger partial charge in [-0.25, -0.2) is 4.79 Å². The van der Waals surface area contributed by atoms with Crippen LogP contribution < -0.4 is 11.2 Å². The van der Waals surface area contributed by atoms with Gasteiger partial charge in [0.05, 0.1) is 5.03 Å². The number of hydrogen-bond donors (Lipinski definition) is 0. The fraction of sp³-hybridized carbons (Fsp3) is 0.636. The van der Waals surface area contributed by atoms with Gasteiger partial charge in [0, 0.05) is 25.4 Å². The van der Waals surface area contributed by atoms with Crippen LogP contribution in [0.25, 0.3) is 0 Å². The van der Waals surface area contributed by atoms with Crippen molar-refractivity contribution in [3.63, 3.8) is 0 Å². The third kappa shape index (κ3) is 1.63. The number of hydrogen-bond acceptors (Lipinski definition) is 3. The summed E-state index contributed by atoms with van der Waals surface area (Å²) < 4.78 is 2.78. The minimum Gasteiger partial charge on any atom is -0.291 e. The van der Waals surface area contributed by atoms with Crippen LogP contribution in [-0.2, 0) is 20.5 Å². The topological polar surface area (TPSA) is 44.0 Å². The standard InChI is InChI=1S/C11H16N2O2S/c1-11(2)5-7-8(14)12(3)10(15)13(4)9(7)16-6-11/h5-6H2,1-4H3. The molecule has 0 radical (unpaired) electrons. The van der Waals surface area contributed by atoms with E-state index in [1.54, 1.807) is 23.4 Å². The molecule has 0 saturated carbocycles. The Morgan fingerprint density at radius 1 is 1.19 bits per heavy atom. The van der Waals surface area contributed by atoms with Crippen LogP contribution in [0.15, 0.2) is 14.6 Å². The van der Waals surface area contributed by atoms with E-state index in [1.807, 2.05) is 0 Å². The molecule has 1 aliphatic rings. The molecule has 1 aromatic heterocycles. The predicted molar refractivity (Wildman–Crippen MR) is 65.1 cm³/mol. The van der Waals surface area contributed by atoms with E-state index in [0.717, 1.165) is 22.8 Å². The van der Waals surface area contributed by atoms with Gasteiger partial charge in [0.15, 0.2) is 0 Å². The highest BCUT2D eigenvalue weighted by atomic mass is 32.2. The predicted octanol–water partition coefficient (Wildman–Crippen LogP) is 0.758. The fourth-order valence-electron chi connectivity index (χ4n) is 2.02. The Hall–Kier alpha value is -0.970. The van der Waals surface area contributed by atoms with Crippen molar-refractivity contribution in [2.75, 3.05) is 5.75 Å². The lowest BCUT2D eigenvalue weighted by atomic mass is 9.88. The molecule has 0 atom stereocenters. The lowest BCUT2D eigenvalue weighted by molar-refractivity contribution is 0.398. The summed E-state index contributed by atoms with van der Waals surface area (Å²) in [5.74, 6) is 0.945. The fourth-order valence-corrected chi connectivity index (χ4v) is 3.26. The van der Waals surface area contributed by atoms with E-state index >= 15 is 0 Å². The van der Waals surface area contributed by atoms with E-state index < -0.39 is 0 Å². The van der Waals surface area contributed by atoms with E-state index in [9.17, 15) is 9.59 Å². The summed E-state index contributed by atoms with van der Waals surface area (Å²) in [5.41, 5.74) is 0.529. The quantitative estimate of drug-likeness (QED) is 0.629. The van der Waals surface area contributed by atoms with Gasteiger partial charge in [0.2, 0.25) is 0 Å². The molecule has 0 N–H and O–H groups in total. The molecule has 16 heavy (non-hydrogen) atoms. The normalized spacial score (nSPS) is 18.2. The molecule has 0 saturated heterocycles. The molecule has 88 valence electrons.